The molecule has 1 fully saturated rings. The van der Waals surface area contributed by atoms with Crippen LogP contribution in [0.2, 0.25) is 5.02 Å². The van der Waals surface area contributed by atoms with E-state index in [2.05, 4.69) is 5.32 Å². The van der Waals surface area contributed by atoms with Crippen LogP contribution in [-0.4, -0.2) is 46.5 Å². The van der Waals surface area contributed by atoms with Crippen LogP contribution >= 0.6 is 11.6 Å². The largest absolute Gasteiger partial charge is 0.348 e. The van der Waals surface area contributed by atoms with E-state index in [1.54, 1.807) is 0 Å². The number of carbonyl (C=O) groups is 1. The van der Waals surface area contributed by atoms with Crippen molar-refractivity contribution in [3.63, 3.8) is 0 Å². The molecule has 0 saturated carbocycles. The molecule has 21 heavy (non-hydrogen) atoms. The fourth-order valence-corrected chi connectivity index (χ4v) is 4.60. The van der Waals surface area contributed by atoms with Crippen molar-refractivity contribution in [2.45, 2.75) is 17.4 Å². The Hall–Kier alpha value is -1.12. The Morgan fingerprint density at radius 1 is 1.38 bits per heavy atom. The number of sulfone groups is 2. The minimum atomic E-state index is -3.46. The van der Waals surface area contributed by atoms with E-state index in [4.69, 9.17) is 11.6 Å². The average Bonchev–Trinajstić information content (AvgIpc) is 2.67. The second kappa shape index (κ2) is 5.58. The molecule has 116 valence electrons. The molecule has 0 aliphatic carbocycles. The van der Waals surface area contributed by atoms with Crippen LogP contribution in [0.3, 0.4) is 0 Å². The highest BCUT2D eigenvalue weighted by molar-refractivity contribution is 7.91. The Morgan fingerprint density at radius 2 is 2.05 bits per heavy atom. The fourth-order valence-electron chi connectivity index (χ4n) is 2.08. The lowest BCUT2D eigenvalue weighted by atomic mass is 10.2. The van der Waals surface area contributed by atoms with Crippen molar-refractivity contribution in [1.82, 2.24) is 5.32 Å². The molecule has 6 nitrogen and oxygen atoms in total. The molecule has 1 amide bonds. The second-order valence-electron chi connectivity index (χ2n) is 4.99. The van der Waals surface area contributed by atoms with Gasteiger partial charge in [-0.2, -0.15) is 0 Å². The Morgan fingerprint density at radius 3 is 2.57 bits per heavy atom. The first-order chi connectivity index (χ1) is 9.58. The van der Waals surface area contributed by atoms with Crippen LogP contribution in [0.15, 0.2) is 23.1 Å². The molecule has 0 radical (unpaired) electrons. The molecule has 1 N–H and O–H groups in total. The minimum Gasteiger partial charge on any atom is -0.348 e. The molecular weight excluding hydrogens is 338 g/mol. The predicted molar refractivity (Wildman–Crippen MR) is 79.1 cm³/mol. The van der Waals surface area contributed by atoms with Crippen molar-refractivity contribution < 1.29 is 21.6 Å². The number of hydrogen-bond donors (Lipinski definition) is 1. The molecule has 2 rings (SSSR count). The second-order valence-corrected chi connectivity index (χ2v) is 9.64. The Kier molecular flexibility index (Phi) is 4.32. The standard InChI is InChI=1S/C12H14ClNO5S2/c1-20(16,17)9-2-3-11(13)10(6-9)12(15)14-8-4-5-21(18,19)7-8/h2-3,6,8H,4-5,7H2,1H3,(H,14,15). The minimum absolute atomic E-state index is 0.0175. The first-order valence-electron chi connectivity index (χ1n) is 6.09. The summed E-state index contributed by atoms with van der Waals surface area (Å²) in [6, 6.07) is 3.36. The summed E-state index contributed by atoms with van der Waals surface area (Å²) in [5.74, 6) is -0.649. The van der Waals surface area contributed by atoms with Gasteiger partial charge in [0, 0.05) is 12.3 Å². The van der Waals surface area contributed by atoms with Crippen LogP contribution in [0.5, 0.6) is 0 Å². The maximum atomic E-state index is 12.1. The van der Waals surface area contributed by atoms with Gasteiger partial charge < -0.3 is 5.32 Å². The Bertz CT molecular complexity index is 786. The van der Waals surface area contributed by atoms with Crippen LogP contribution < -0.4 is 5.32 Å². The summed E-state index contributed by atoms with van der Waals surface area (Å²) >= 11 is 5.91. The van der Waals surface area contributed by atoms with Crippen molar-refractivity contribution in [1.29, 1.82) is 0 Å². The molecule has 0 bridgehead atoms. The molecule has 1 aliphatic heterocycles. The lowest BCUT2D eigenvalue weighted by Gasteiger charge is -2.12. The van der Waals surface area contributed by atoms with Gasteiger partial charge in [-0.1, -0.05) is 11.6 Å². The Balaban J connectivity index is 2.24. The van der Waals surface area contributed by atoms with Gasteiger partial charge in [-0.25, -0.2) is 16.8 Å². The summed E-state index contributed by atoms with van der Waals surface area (Å²) in [5, 5.41) is 2.68. The maximum Gasteiger partial charge on any atom is 0.253 e. The molecule has 1 atom stereocenters. The van der Waals surface area contributed by atoms with Crippen molar-refractivity contribution in [3.8, 4) is 0 Å². The van der Waals surface area contributed by atoms with Gasteiger partial charge >= 0.3 is 0 Å². The summed E-state index contributed by atoms with van der Waals surface area (Å²) in [7, 11) is -6.56. The third-order valence-electron chi connectivity index (χ3n) is 3.18. The van der Waals surface area contributed by atoms with E-state index in [0.717, 1.165) is 6.26 Å². The number of rotatable bonds is 3. The van der Waals surface area contributed by atoms with E-state index in [1.807, 2.05) is 0 Å². The van der Waals surface area contributed by atoms with Gasteiger partial charge in [-0.3, -0.25) is 4.79 Å². The maximum absolute atomic E-state index is 12.1. The third kappa shape index (κ3) is 3.96. The molecule has 1 aromatic carbocycles. The smallest absolute Gasteiger partial charge is 0.253 e. The zero-order valence-corrected chi connectivity index (χ0v) is 13.6. The normalized spacial score (nSPS) is 21.1. The van der Waals surface area contributed by atoms with Gasteiger partial charge in [0.2, 0.25) is 0 Å². The van der Waals surface area contributed by atoms with Gasteiger partial charge in [-0.05, 0) is 24.6 Å². The quantitative estimate of drug-likeness (QED) is 0.862. The average molecular weight is 352 g/mol. The van der Waals surface area contributed by atoms with Crippen molar-refractivity contribution in [3.05, 3.63) is 28.8 Å². The monoisotopic (exact) mass is 351 g/mol. The van der Waals surface area contributed by atoms with Crippen LogP contribution in [-0.2, 0) is 19.7 Å². The van der Waals surface area contributed by atoms with Crippen LogP contribution in [0.4, 0.5) is 0 Å². The van der Waals surface area contributed by atoms with E-state index >= 15 is 0 Å². The van der Waals surface area contributed by atoms with Crippen LogP contribution in [0.25, 0.3) is 0 Å². The van der Waals surface area contributed by atoms with E-state index in [1.165, 1.54) is 18.2 Å². The van der Waals surface area contributed by atoms with Crippen LogP contribution in [0, 0.1) is 0 Å². The zero-order chi connectivity index (χ0) is 15.8. The first kappa shape index (κ1) is 16.3. The van der Waals surface area contributed by atoms with Crippen LogP contribution in [0.1, 0.15) is 16.8 Å². The topological polar surface area (TPSA) is 97.4 Å². The van der Waals surface area contributed by atoms with E-state index < -0.39 is 31.6 Å². The molecular formula is C12H14ClNO5S2. The molecule has 0 aromatic heterocycles. The predicted octanol–water partition coefficient (Wildman–Crippen LogP) is 0.660. The van der Waals surface area contributed by atoms with E-state index in [0.29, 0.717) is 6.42 Å². The number of carbonyl (C=O) groups excluding carboxylic acids is 1. The lowest BCUT2D eigenvalue weighted by molar-refractivity contribution is 0.0941. The summed E-state index contributed by atoms with van der Waals surface area (Å²) in [5.41, 5.74) is 0.0175. The third-order valence-corrected chi connectivity index (χ3v) is 6.39. The van der Waals surface area contributed by atoms with Crippen molar-refractivity contribution in [2.75, 3.05) is 17.8 Å². The molecule has 1 heterocycles. The molecule has 1 aromatic rings. The highest BCUT2D eigenvalue weighted by Crippen LogP contribution is 2.21. The number of amides is 1. The summed E-state index contributed by atoms with van der Waals surface area (Å²) in [4.78, 5) is 12.1. The van der Waals surface area contributed by atoms with E-state index in [9.17, 15) is 21.6 Å². The summed E-state index contributed by atoms with van der Waals surface area (Å²) in [6.45, 7) is 0. The SMILES string of the molecule is CS(=O)(=O)c1ccc(Cl)c(C(=O)NC2CCS(=O)(=O)C2)c1. The highest BCUT2D eigenvalue weighted by atomic mass is 35.5. The number of halogens is 1. The van der Waals surface area contributed by atoms with Crippen molar-refractivity contribution >= 4 is 37.2 Å². The molecule has 0 spiro atoms. The van der Waals surface area contributed by atoms with Gasteiger partial charge in [-0.15, -0.1) is 0 Å². The van der Waals surface area contributed by atoms with Crippen molar-refractivity contribution in [2.24, 2.45) is 0 Å². The summed E-state index contributed by atoms with van der Waals surface area (Å²) < 4.78 is 45.7. The van der Waals surface area contributed by atoms with Gasteiger partial charge in [0.25, 0.3) is 5.91 Å². The molecule has 1 saturated heterocycles. The summed E-state index contributed by atoms with van der Waals surface area (Å²) in [6.07, 6.45) is 1.37. The van der Waals surface area contributed by atoms with E-state index in [-0.39, 0.29) is 27.0 Å². The molecule has 1 aliphatic rings. The number of nitrogens with one attached hydrogen (secondary N) is 1. The lowest BCUT2D eigenvalue weighted by Crippen LogP contribution is -2.35. The highest BCUT2D eigenvalue weighted by Gasteiger charge is 2.29. The van der Waals surface area contributed by atoms with Gasteiger partial charge in [0.1, 0.15) is 0 Å². The zero-order valence-electron chi connectivity index (χ0n) is 11.2. The Labute approximate surface area is 128 Å². The molecule has 9 heteroatoms. The fraction of sp³-hybridized carbons (Fsp3) is 0.417. The molecule has 1 unspecified atom stereocenters. The first-order valence-corrected chi connectivity index (χ1v) is 10.2. The number of benzene rings is 1. The van der Waals surface area contributed by atoms with Gasteiger partial charge in [0.05, 0.1) is 27.0 Å². The number of hydrogen-bond acceptors (Lipinski definition) is 5. The van der Waals surface area contributed by atoms with Gasteiger partial charge in [0.15, 0.2) is 19.7 Å².